The molecule has 0 bridgehead atoms. The second-order valence-corrected chi connectivity index (χ2v) is 16.7. The molecule has 0 aromatic rings. The molecule has 52 heavy (non-hydrogen) atoms. The van der Waals surface area contributed by atoms with Gasteiger partial charge in [0.25, 0.3) is 0 Å². The van der Waals surface area contributed by atoms with Gasteiger partial charge in [0.15, 0.2) is 0 Å². The Bertz CT molecular complexity index is 786. The van der Waals surface area contributed by atoms with Gasteiger partial charge < -0.3 is 9.47 Å². The molecule has 1 fully saturated rings. The molecule has 0 aromatic carbocycles. The lowest BCUT2D eigenvalue weighted by atomic mass is 9.78. The van der Waals surface area contributed by atoms with Crippen molar-refractivity contribution >= 4 is 11.9 Å². The van der Waals surface area contributed by atoms with E-state index in [-0.39, 0.29) is 18.0 Å². The first kappa shape index (κ1) is 48.9. The van der Waals surface area contributed by atoms with E-state index >= 15 is 0 Å². The largest absolute Gasteiger partial charge is 0.466 e. The number of carbonyl (C=O) groups excluding carboxylic acids is 2. The van der Waals surface area contributed by atoms with E-state index in [1.165, 1.54) is 180 Å². The summed E-state index contributed by atoms with van der Waals surface area (Å²) < 4.78 is 11.6. The fourth-order valence-electron chi connectivity index (χ4n) is 8.62. The van der Waals surface area contributed by atoms with Gasteiger partial charge in [-0.05, 0) is 83.7 Å². The Morgan fingerprint density at radius 3 is 1.48 bits per heavy atom. The predicted molar refractivity (Wildman–Crippen MR) is 224 cm³/mol. The Balaban J connectivity index is 2.33. The second kappa shape index (κ2) is 35.6. The maximum absolute atomic E-state index is 12.9. The normalized spacial score (nSPS) is 16.5. The smallest absolute Gasteiger partial charge is 0.306 e. The summed E-state index contributed by atoms with van der Waals surface area (Å²) in [6.45, 7) is 12.1. The van der Waals surface area contributed by atoms with Crippen molar-refractivity contribution in [2.75, 3.05) is 19.7 Å². The third-order valence-electron chi connectivity index (χ3n) is 12.0. The van der Waals surface area contributed by atoms with Crippen LogP contribution in [0.4, 0.5) is 0 Å². The molecule has 308 valence electrons. The monoisotopic (exact) mass is 734 g/mol. The molecule has 0 N–H and O–H groups in total. The highest BCUT2D eigenvalue weighted by molar-refractivity contribution is 5.69. The summed E-state index contributed by atoms with van der Waals surface area (Å²) in [7, 11) is 0. The van der Waals surface area contributed by atoms with Crippen LogP contribution >= 0.6 is 0 Å². The van der Waals surface area contributed by atoms with Crippen LogP contribution in [0.5, 0.6) is 0 Å². The highest BCUT2D eigenvalue weighted by atomic mass is 16.5. The number of esters is 2. The Kier molecular flexibility index (Phi) is 33.5. The highest BCUT2D eigenvalue weighted by Crippen LogP contribution is 2.37. The summed E-state index contributed by atoms with van der Waals surface area (Å²) in [4.78, 5) is 27.9. The number of unbranched alkanes of at least 4 members (excludes halogenated alkanes) is 22. The van der Waals surface area contributed by atoms with Crippen LogP contribution in [0.25, 0.3) is 0 Å². The number of rotatable bonds is 38. The molecule has 0 amide bonds. The van der Waals surface area contributed by atoms with Crippen LogP contribution in [0.3, 0.4) is 0 Å². The Morgan fingerprint density at radius 1 is 0.519 bits per heavy atom. The van der Waals surface area contributed by atoms with Crippen molar-refractivity contribution in [1.82, 2.24) is 4.90 Å². The predicted octanol–water partition coefficient (Wildman–Crippen LogP) is 14.6. The van der Waals surface area contributed by atoms with Crippen molar-refractivity contribution in [2.24, 2.45) is 0 Å². The molecule has 1 saturated heterocycles. The summed E-state index contributed by atoms with van der Waals surface area (Å²) in [5, 5.41) is 0. The minimum Gasteiger partial charge on any atom is -0.466 e. The van der Waals surface area contributed by atoms with Crippen molar-refractivity contribution in [2.45, 2.75) is 270 Å². The van der Waals surface area contributed by atoms with E-state index in [4.69, 9.17) is 9.47 Å². The summed E-state index contributed by atoms with van der Waals surface area (Å²) in [6.07, 6.45) is 43.4. The molecule has 0 saturated carbocycles. The zero-order chi connectivity index (χ0) is 37.8. The minimum absolute atomic E-state index is 0.00121. The first-order valence-electron chi connectivity index (χ1n) is 23.6. The van der Waals surface area contributed by atoms with E-state index in [9.17, 15) is 9.59 Å². The molecule has 1 aliphatic rings. The summed E-state index contributed by atoms with van der Waals surface area (Å²) in [5.74, 6) is 0.0469. The number of ether oxygens (including phenoxy) is 2. The first-order chi connectivity index (χ1) is 25.5. The van der Waals surface area contributed by atoms with Crippen LogP contribution in [-0.4, -0.2) is 48.2 Å². The van der Waals surface area contributed by atoms with Gasteiger partial charge in [0, 0.05) is 18.4 Å². The van der Waals surface area contributed by atoms with E-state index in [0.29, 0.717) is 25.0 Å². The van der Waals surface area contributed by atoms with E-state index in [0.717, 1.165) is 51.5 Å². The average Bonchev–Trinajstić information content (AvgIpc) is 3.15. The van der Waals surface area contributed by atoms with E-state index in [2.05, 4.69) is 32.6 Å². The summed E-state index contributed by atoms with van der Waals surface area (Å²) >= 11 is 0. The third kappa shape index (κ3) is 26.6. The lowest BCUT2D eigenvalue weighted by molar-refractivity contribution is -0.150. The molecule has 1 rings (SSSR count). The number of piperidine rings is 1. The van der Waals surface area contributed by atoms with Gasteiger partial charge >= 0.3 is 11.9 Å². The van der Waals surface area contributed by atoms with Crippen LogP contribution < -0.4 is 0 Å². The standard InChI is InChI=1S/C47H91NO4/c1-5-9-12-15-18-25-34-43-51-45(49)37-28-21-23-30-39-47(41-32-33-42-48(47)8-4)40-31-24-22-29-38-46(50)52-44(35-26-19-16-13-10-6-2)36-27-20-17-14-11-7-3/h44H,5-43H2,1-4H3. The van der Waals surface area contributed by atoms with Gasteiger partial charge in [-0.3, -0.25) is 14.5 Å². The Hall–Kier alpha value is -1.10. The van der Waals surface area contributed by atoms with Gasteiger partial charge in [0.05, 0.1) is 6.61 Å². The van der Waals surface area contributed by atoms with E-state index in [1.54, 1.807) is 0 Å². The van der Waals surface area contributed by atoms with Crippen molar-refractivity contribution in [3.05, 3.63) is 0 Å². The van der Waals surface area contributed by atoms with Crippen molar-refractivity contribution < 1.29 is 19.1 Å². The highest BCUT2D eigenvalue weighted by Gasteiger charge is 2.36. The van der Waals surface area contributed by atoms with E-state index < -0.39 is 0 Å². The molecule has 5 heteroatoms. The van der Waals surface area contributed by atoms with Crippen LogP contribution in [0, 0.1) is 0 Å². The zero-order valence-electron chi connectivity index (χ0n) is 35.7. The SMILES string of the molecule is CCCCCCCCCOC(=O)CCCCCCC1(CCCCCCC(=O)OC(CCCCCCCC)CCCCCCCC)CCCCN1CC. The number of hydrogen-bond acceptors (Lipinski definition) is 5. The molecule has 0 aliphatic carbocycles. The molecule has 0 spiro atoms. The number of likely N-dealkylation sites (tertiary alicyclic amines) is 1. The van der Waals surface area contributed by atoms with Gasteiger partial charge in [-0.25, -0.2) is 0 Å². The lowest BCUT2D eigenvalue weighted by Gasteiger charge is -2.48. The number of carbonyl (C=O) groups is 2. The molecule has 0 radical (unpaired) electrons. The van der Waals surface area contributed by atoms with Gasteiger partial charge in [-0.2, -0.15) is 0 Å². The van der Waals surface area contributed by atoms with Crippen LogP contribution in [0.2, 0.25) is 0 Å². The minimum atomic E-state index is 0.00121. The topological polar surface area (TPSA) is 55.8 Å². The quantitative estimate of drug-likeness (QED) is 0.0467. The van der Waals surface area contributed by atoms with Crippen LogP contribution in [0.15, 0.2) is 0 Å². The van der Waals surface area contributed by atoms with Gasteiger partial charge in [0.1, 0.15) is 6.10 Å². The summed E-state index contributed by atoms with van der Waals surface area (Å²) in [5.41, 5.74) is 0.349. The molecule has 5 nitrogen and oxygen atoms in total. The average molecular weight is 734 g/mol. The second-order valence-electron chi connectivity index (χ2n) is 16.7. The maximum atomic E-state index is 12.9. The Labute approximate surface area is 325 Å². The van der Waals surface area contributed by atoms with Gasteiger partial charge in [-0.15, -0.1) is 0 Å². The van der Waals surface area contributed by atoms with Crippen LogP contribution in [0.1, 0.15) is 259 Å². The molecule has 1 atom stereocenters. The molecule has 1 aliphatic heterocycles. The molecular weight excluding hydrogens is 643 g/mol. The molecule has 0 aromatic heterocycles. The number of hydrogen-bond donors (Lipinski definition) is 0. The molecule has 1 unspecified atom stereocenters. The first-order valence-corrected chi connectivity index (χ1v) is 23.6. The van der Waals surface area contributed by atoms with Crippen molar-refractivity contribution in [3.8, 4) is 0 Å². The van der Waals surface area contributed by atoms with E-state index in [1.807, 2.05) is 0 Å². The van der Waals surface area contributed by atoms with Crippen molar-refractivity contribution in [1.29, 1.82) is 0 Å². The van der Waals surface area contributed by atoms with Crippen molar-refractivity contribution in [3.63, 3.8) is 0 Å². The molecule has 1 heterocycles. The Morgan fingerprint density at radius 2 is 0.962 bits per heavy atom. The fraction of sp³-hybridized carbons (Fsp3) is 0.957. The fourth-order valence-corrected chi connectivity index (χ4v) is 8.62. The van der Waals surface area contributed by atoms with Crippen LogP contribution in [-0.2, 0) is 19.1 Å². The zero-order valence-corrected chi connectivity index (χ0v) is 35.7. The lowest BCUT2D eigenvalue weighted by Crippen LogP contribution is -2.51. The summed E-state index contributed by atoms with van der Waals surface area (Å²) in [6, 6.07) is 0. The maximum Gasteiger partial charge on any atom is 0.306 e. The molecular formula is C47H91NO4. The number of nitrogens with zero attached hydrogens (tertiary/aromatic N) is 1. The third-order valence-corrected chi connectivity index (χ3v) is 12.0. The van der Waals surface area contributed by atoms with Gasteiger partial charge in [0.2, 0.25) is 0 Å². The van der Waals surface area contributed by atoms with Gasteiger partial charge in [-0.1, -0.05) is 175 Å².